The molecule has 0 unspecified atom stereocenters. The zero-order valence-electron chi connectivity index (χ0n) is 36.0. The van der Waals surface area contributed by atoms with E-state index in [9.17, 15) is 0 Å². The Labute approximate surface area is 372 Å². The van der Waals surface area contributed by atoms with Crippen molar-refractivity contribution in [1.29, 1.82) is 0 Å². The van der Waals surface area contributed by atoms with Crippen molar-refractivity contribution in [3.63, 3.8) is 0 Å². The van der Waals surface area contributed by atoms with E-state index < -0.39 is 0 Å². The average Bonchev–Trinajstić information content (AvgIpc) is 4.02. The average molecular weight is 808 g/mol. The summed E-state index contributed by atoms with van der Waals surface area (Å²) in [6, 6.07) is 79.4. The zero-order valence-corrected chi connectivity index (χ0v) is 36.0. The van der Waals surface area contributed by atoms with E-state index in [1.165, 1.54) is 120 Å². The van der Waals surface area contributed by atoms with E-state index in [0.717, 1.165) is 11.4 Å². The van der Waals surface area contributed by atoms with Gasteiger partial charge in [-0.15, -0.1) is 0 Å². The van der Waals surface area contributed by atoms with Crippen LogP contribution in [0, 0.1) is 0 Å². The van der Waals surface area contributed by atoms with E-state index in [1.807, 2.05) is 0 Å². The summed E-state index contributed by atoms with van der Waals surface area (Å²) in [5.74, 6) is 0. The first-order chi connectivity index (χ1) is 31.0. The molecule has 302 valence electrons. The Kier molecular flexibility index (Phi) is 8.76. The molecule has 1 spiro atoms. The molecule has 1 fully saturated rings. The fourth-order valence-corrected chi connectivity index (χ4v) is 11.9. The Bertz CT molecular complexity index is 3220. The first-order valence-electron chi connectivity index (χ1n) is 22.7. The predicted molar refractivity (Wildman–Crippen MR) is 265 cm³/mol. The molecule has 0 radical (unpaired) electrons. The van der Waals surface area contributed by atoms with Gasteiger partial charge in [0.2, 0.25) is 0 Å². The maximum absolute atomic E-state index is 2.56. The van der Waals surface area contributed by atoms with Gasteiger partial charge in [-0.05, 0) is 127 Å². The van der Waals surface area contributed by atoms with Crippen molar-refractivity contribution in [2.75, 3.05) is 4.90 Å². The lowest BCUT2D eigenvalue weighted by atomic mass is 9.76. The minimum atomic E-state index is -0.130. The van der Waals surface area contributed by atoms with Crippen LogP contribution in [0.2, 0.25) is 0 Å². The molecule has 1 saturated carbocycles. The van der Waals surface area contributed by atoms with Crippen LogP contribution in [0.1, 0.15) is 61.8 Å². The SMILES string of the molecule is CC1(C)c2ccccc2-c2cccc(-c3cccc(N(c4ccc5c(c4)C4(CCCC4)c4ccccc4-5)c4ccccc4-c4ccccc4-c4ccccc4-c4ccccc4)c3)c21. The molecule has 0 saturated heterocycles. The second kappa shape index (κ2) is 14.7. The molecule has 0 amide bonds. The number of para-hydroxylation sites is 1. The number of hydrogen-bond acceptors (Lipinski definition) is 1. The maximum atomic E-state index is 2.56. The summed E-state index contributed by atoms with van der Waals surface area (Å²) in [4.78, 5) is 2.55. The van der Waals surface area contributed by atoms with Crippen LogP contribution in [-0.2, 0) is 10.8 Å². The standard InChI is InChI=1S/C62H49N/c1-61(2)56-33-13-10-29-52(56)55-32-19-31-47(60(55)61)43-22-18-23-44(40-43)63(45-36-37-53-51-28-11-14-34-57(51)62(58(53)41-45)38-16-17-39-62)59-35-15-12-30-54(59)50-27-9-8-26-49(50)48-25-7-6-24-46(48)42-20-4-3-5-21-42/h3-15,18-37,40-41H,16-17,38-39H2,1-2H3. The number of rotatable bonds is 7. The van der Waals surface area contributed by atoms with Crippen molar-refractivity contribution in [2.24, 2.45) is 0 Å². The van der Waals surface area contributed by atoms with Crippen LogP contribution in [0.5, 0.6) is 0 Å². The highest BCUT2D eigenvalue weighted by molar-refractivity contribution is 5.98. The molecular formula is C62H49N. The largest absolute Gasteiger partial charge is 0.310 e. The Balaban J connectivity index is 1.08. The van der Waals surface area contributed by atoms with Crippen LogP contribution in [0.4, 0.5) is 17.1 Å². The number of hydrogen-bond donors (Lipinski definition) is 0. The molecule has 12 rings (SSSR count). The second-order valence-corrected chi connectivity index (χ2v) is 18.3. The molecule has 0 bridgehead atoms. The van der Waals surface area contributed by atoms with Crippen LogP contribution in [0.15, 0.2) is 212 Å². The van der Waals surface area contributed by atoms with Crippen LogP contribution in [0.3, 0.4) is 0 Å². The molecule has 0 atom stereocenters. The molecule has 1 nitrogen and oxygen atoms in total. The third-order valence-electron chi connectivity index (χ3n) is 14.6. The molecule has 63 heavy (non-hydrogen) atoms. The van der Waals surface area contributed by atoms with E-state index in [2.05, 4.69) is 231 Å². The van der Waals surface area contributed by atoms with Gasteiger partial charge in [-0.25, -0.2) is 0 Å². The van der Waals surface area contributed by atoms with Gasteiger partial charge in [0, 0.05) is 27.8 Å². The van der Waals surface area contributed by atoms with Crippen LogP contribution in [-0.4, -0.2) is 0 Å². The van der Waals surface area contributed by atoms with E-state index >= 15 is 0 Å². The van der Waals surface area contributed by atoms with E-state index in [1.54, 1.807) is 0 Å². The third kappa shape index (κ3) is 5.83. The first kappa shape index (κ1) is 37.5. The zero-order chi connectivity index (χ0) is 42.1. The normalized spacial score (nSPS) is 14.8. The van der Waals surface area contributed by atoms with Crippen LogP contribution in [0.25, 0.3) is 66.8 Å². The van der Waals surface area contributed by atoms with E-state index in [-0.39, 0.29) is 10.8 Å². The highest BCUT2D eigenvalue weighted by Gasteiger charge is 2.45. The molecule has 0 aromatic heterocycles. The summed E-state index contributed by atoms with van der Waals surface area (Å²) in [7, 11) is 0. The maximum Gasteiger partial charge on any atom is 0.0540 e. The second-order valence-electron chi connectivity index (χ2n) is 18.3. The summed E-state index contributed by atoms with van der Waals surface area (Å²) in [6.45, 7) is 4.78. The molecule has 1 heteroatoms. The van der Waals surface area contributed by atoms with Gasteiger partial charge in [0.1, 0.15) is 0 Å². The predicted octanol–water partition coefficient (Wildman–Crippen LogP) is 17.0. The lowest BCUT2D eigenvalue weighted by Crippen LogP contribution is -2.21. The molecular weight excluding hydrogens is 759 g/mol. The quantitative estimate of drug-likeness (QED) is 0.155. The first-order valence-corrected chi connectivity index (χ1v) is 22.7. The van der Waals surface area contributed by atoms with Gasteiger partial charge < -0.3 is 4.90 Å². The topological polar surface area (TPSA) is 3.24 Å². The highest BCUT2D eigenvalue weighted by Crippen LogP contribution is 2.58. The molecule has 0 aliphatic heterocycles. The van der Waals surface area contributed by atoms with Crippen molar-refractivity contribution in [2.45, 2.75) is 50.4 Å². The Morgan fingerprint density at radius 3 is 1.57 bits per heavy atom. The summed E-state index contributed by atoms with van der Waals surface area (Å²) >= 11 is 0. The summed E-state index contributed by atoms with van der Waals surface area (Å²) < 4.78 is 0. The third-order valence-corrected chi connectivity index (χ3v) is 14.6. The van der Waals surface area contributed by atoms with Gasteiger partial charge >= 0.3 is 0 Å². The highest BCUT2D eigenvalue weighted by atomic mass is 15.1. The van der Waals surface area contributed by atoms with Gasteiger partial charge in [0.15, 0.2) is 0 Å². The molecule has 3 aliphatic carbocycles. The molecule has 3 aliphatic rings. The monoisotopic (exact) mass is 807 g/mol. The fourth-order valence-electron chi connectivity index (χ4n) is 11.9. The molecule has 9 aromatic carbocycles. The van der Waals surface area contributed by atoms with Crippen molar-refractivity contribution in [3.8, 4) is 66.8 Å². The van der Waals surface area contributed by atoms with Crippen LogP contribution >= 0.6 is 0 Å². The fraction of sp³-hybridized carbons (Fsp3) is 0.129. The molecule has 0 N–H and O–H groups in total. The van der Waals surface area contributed by atoms with E-state index in [0.29, 0.717) is 0 Å². The van der Waals surface area contributed by atoms with Gasteiger partial charge in [-0.2, -0.15) is 0 Å². The van der Waals surface area contributed by atoms with Crippen molar-refractivity contribution in [1.82, 2.24) is 0 Å². The van der Waals surface area contributed by atoms with Crippen molar-refractivity contribution in [3.05, 3.63) is 235 Å². The Morgan fingerprint density at radius 2 is 0.825 bits per heavy atom. The van der Waals surface area contributed by atoms with Crippen molar-refractivity contribution >= 4 is 17.1 Å². The van der Waals surface area contributed by atoms with Gasteiger partial charge in [0.05, 0.1) is 5.69 Å². The van der Waals surface area contributed by atoms with Gasteiger partial charge in [0.25, 0.3) is 0 Å². The number of nitrogens with zero attached hydrogens (tertiary/aromatic N) is 1. The van der Waals surface area contributed by atoms with Gasteiger partial charge in [-0.1, -0.05) is 209 Å². The number of anilines is 3. The van der Waals surface area contributed by atoms with Gasteiger partial charge in [-0.3, -0.25) is 0 Å². The smallest absolute Gasteiger partial charge is 0.0540 e. The summed E-state index contributed by atoms with van der Waals surface area (Å²) in [5.41, 5.74) is 24.5. The number of benzene rings is 9. The summed E-state index contributed by atoms with van der Waals surface area (Å²) in [5, 5.41) is 0. The lowest BCUT2D eigenvalue weighted by Gasteiger charge is -2.31. The molecule has 9 aromatic rings. The van der Waals surface area contributed by atoms with Crippen LogP contribution < -0.4 is 4.90 Å². The minimum absolute atomic E-state index is 0.0495. The minimum Gasteiger partial charge on any atom is -0.310 e. The van der Waals surface area contributed by atoms with Crippen molar-refractivity contribution < 1.29 is 0 Å². The Morgan fingerprint density at radius 1 is 0.333 bits per heavy atom. The number of fused-ring (bicyclic) bond motifs is 8. The molecule has 0 heterocycles. The van der Waals surface area contributed by atoms with E-state index in [4.69, 9.17) is 0 Å². The summed E-state index contributed by atoms with van der Waals surface area (Å²) in [6.07, 6.45) is 4.90. The lowest BCUT2D eigenvalue weighted by molar-refractivity contribution is 0.550. The Hall–Kier alpha value is -7.22.